The van der Waals surface area contributed by atoms with Crippen molar-refractivity contribution in [2.24, 2.45) is 4.99 Å². The Morgan fingerprint density at radius 3 is 1.96 bits per heavy atom. The zero-order valence-electron chi connectivity index (χ0n) is 24.6. The molecule has 6 aromatic rings. The molecule has 0 bridgehead atoms. The van der Waals surface area contributed by atoms with E-state index in [2.05, 4.69) is 161 Å². The Hall–Kier alpha value is -5.65. The number of fused-ring (bicyclic) bond motifs is 8. The molecule has 3 N–H and O–H groups in total. The number of allylic oxidation sites excluding steroid dienone is 2. The monoisotopic (exact) mass is 581 g/mol. The molecule has 0 aliphatic carbocycles. The van der Waals surface area contributed by atoms with Crippen LogP contribution in [0.3, 0.4) is 0 Å². The van der Waals surface area contributed by atoms with Gasteiger partial charge in [-0.25, -0.2) is 4.99 Å². The van der Waals surface area contributed by atoms with Crippen LogP contribution in [0, 0.1) is 0 Å². The Morgan fingerprint density at radius 2 is 1.20 bits per heavy atom. The fraction of sp³-hybridized carbons (Fsp3) is 0.0750. The summed E-state index contributed by atoms with van der Waals surface area (Å²) >= 11 is 0. The first-order chi connectivity index (χ1) is 22.3. The van der Waals surface area contributed by atoms with Crippen LogP contribution in [0.25, 0.3) is 27.1 Å². The lowest BCUT2D eigenvalue weighted by molar-refractivity contribution is 0.409. The van der Waals surface area contributed by atoms with E-state index in [0.717, 1.165) is 22.5 Å². The van der Waals surface area contributed by atoms with Gasteiger partial charge in [0.25, 0.3) is 0 Å². The second-order valence-electron chi connectivity index (χ2n) is 11.8. The maximum atomic E-state index is 5.04. The number of rotatable bonds is 4. The molecule has 216 valence electrons. The molecule has 9 rings (SSSR count). The molecule has 0 fully saturated rings. The maximum Gasteiger partial charge on any atom is 0.131 e. The number of nitrogens with one attached hydrogen (secondary N) is 3. The fourth-order valence-corrected chi connectivity index (χ4v) is 6.89. The van der Waals surface area contributed by atoms with E-state index in [4.69, 9.17) is 4.99 Å². The van der Waals surface area contributed by atoms with Gasteiger partial charge in [-0.1, -0.05) is 140 Å². The highest BCUT2D eigenvalue weighted by Gasteiger charge is 2.32. The summed E-state index contributed by atoms with van der Waals surface area (Å²) in [6, 6.07) is 47.1. The minimum atomic E-state index is -0.151. The number of nitrogens with zero attached hydrogens (tertiary/aromatic N) is 2. The second kappa shape index (κ2) is 10.5. The van der Waals surface area contributed by atoms with Crippen molar-refractivity contribution in [3.8, 4) is 0 Å². The van der Waals surface area contributed by atoms with Crippen LogP contribution in [-0.2, 0) is 0 Å². The first-order valence-corrected chi connectivity index (χ1v) is 15.5. The van der Waals surface area contributed by atoms with Gasteiger partial charge in [-0.05, 0) is 39.1 Å². The summed E-state index contributed by atoms with van der Waals surface area (Å²) in [5.74, 6) is 0.890. The molecular formula is C40H31N5. The predicted molar refractivity (Wildman–Crippen MR) is 186 cm³/mol. The molecule has 3 atom stereocenters. The third-order valence-electron chi connectivity index (χ3n) is 9.10. The van der Waals surface area contributed by atoms with Gasteiger partial charge in [-0.3, -0.25) is 5.32 Å². The van der Waals surface area contributed by atoms with Gasteiger partial charge < -0.3 is 15.5 Å². The summed E-state index contributed by atoms with van der Waals surface area (Å²) in [4.78, 5) is 7.44. The van der Waals surface area contributed by atoms with E-state index in [-0.39, 0.29) is 18.5 Å². The van der Waals surface area contributed by atoms with Crippen LogP contribution in [-0.4, -0.2) is 12.0 Å². The van der Waals surface area contributed by atoms with Gasteiger partial charge in [0, 0.05) is 22.5 Å². The topological polar surface area (TPSA) is 51.7 Å². The van der Waals surface area contributed by atoms with Crippen molar-refractivity contribution in [2.75, 3.05) is 10.2 Å². The minimum Gasteiger partial charge on any atom is -0.359 e. The van der Waals surface area contributed by atoms with E-state index >= 15 is 0 Å². The van der Waals surface area contributed by atoms with Crippen LogP contribution in [0.1, 0.15) is 34.6 Å². The van der Waals surface area contributed by atoms with Crippen molar-refractivity contribution in [3.05, 3.63) is 174 Å². The van der Waals surface area contributed by atoms with Crippen molar-refractivity contribution < 1.29 is 0 Å². The largest absolute Gasteiger partial charge is 0.359 e. The second-order valence-corrected chi connectivity index (χ2v) is 11.8. The molecule has 3 unspecified atom stereocenters. The molecule has 0 saturated carbocycles. The molecule has 0 radical (unpaired) electrons. The smallest absolute Gasteiger partial charge is 0.131 e. The van der Waals surface area contributed by atoms with Gasteiger partial charge in [-0.15, -0.1) is 0 Å². The third-order valence-corrected chi connectivity index (χ3v) is 9.10. The minimum absolute atomic E-state index is 0.0819. The lowest BCUT2D eigenvalue weighted by atomic mass is 9.97. The molecule has 0 aromatic heterocycles. The van der Waals surface area contributed by atoms with Gasteiger partial charge in [-0.2, -0.15) is 0 Å². The van der Waals surface area contributed by atoms with Gasteiger partial charge in [0.15, 0.2) is 0 Å². The van der Waals surface area contributed by atoms with E-state index in [0.29, 0.717) is 0 Å². The van der Waals surface area contributed by atoms with E-state index in [1.807, 2.05) is 12.1 Å². The summed E-state index contributed by atoms with van der Waals surface area (Å²) in [7, 11) is 0. The summed E-state index contributed by atoms with van der Waals surface area (Å²) < 4.78 is 0. The molecule has 5 nitrogen and oxygen atoms in total. The Morgan fingerprint density at radius 1 is 0.556 bits per heavy atom. The van der Waals surface area contributed by atoms with Crippen molar-refractivity contribution in [1.82, 2.24) is 10.6 Å². The molecule has 3 aliphatic rings. The first kappa shape index (κ1) is 25.8. The van der Waals surface area contributed by atoms with Crippen LogP contribution in [0.4, 0.5) is 11.4 Å². The van der Waals surface area contributed by atoms with Crippen molar-refractivity contribution >= 4 is 44.3 Å². The van der Waals surface area contributed by atoms with Gasteiger partial charge in [0.2, 0.25) is 0 Å². The van der Waals surface area contributed by atoms with Crippen LogP contribution in [0.15, 0.2) is 157 Å². The van der Waals surface area contributed by atoms with Crippen LogP contribution < -0.4 is 20.9 Å². The number of aliphatic imine (C=N–C) groups is 1. The third kappa shape index (κ3) is 4.40. The summed E-state index contributed by atoms with van der Waals surface area (Å²) in [6.07, 6.45) is 6.64. The molecule has 0 saturated heterocycles. The van der Waals surface area contributed by atoms with Crippen molar-refractivity contribution in [2.45, 2.75) is 18.5 Å². The van der Waals surface area contributed by atoms with E-state index in [1.165, 1.54) is 44.1 Å². The Bertz CT molecular complexity index is 2150. The van der Waals surface area contributed by atoms with Crippen LogP contribution >= 0.6 is 0 Å². The Kier molecular flexibility index (Phi) is 6.03. The lowest BCUT2D eigenvalue weighted by Gasteiger charge is -2.32. The Balaban J connectivity index is 1.05. The SMILES string of the molecule is C1=CC2Nc3c(c4ccccc4c4ccccc34)N2C=C1c1ccc(C2NC(c3ccccc3)=NC(c3ccccc3)N2)cc1. The quantitative estimate of drug-likeness (QED) is 0.183. The summed E-state index contributed by atoms with van der Waals surface area (Å²) in [5, 5.41) is 16.2. The highest BCUT2D eigenvalue weighted by Crippen LogP contribution is 2.48. The van der Waals surface area contributed by atoms with Crippen molar-refractivity contribution in [3.63, 3.8) is 0 Å². The van der Waals surface area contributed by atoms with Crippen LogP contribution in [0.5, 0.6) is 0 Å². The Labute approximate surface area is 262 Å². The van der Waals surface area contributed by atoms with E-state index in [1.54, 1.807) is 0 Å². The first-order valence-electron chi connectivity index (χ1n) is 15.5. The molecule has 45 heavy (non-hydrogen) atoms. The molecule has 3 aliphatic heterocycles. The summed E-state index contributed by atoms with van der Waals surface area (Å²) in [6.45, 7) is 0. The number of benzene rings is 6. The number of anilines is 2. The fourth-order valence-electron chi connectivity index (χ4n) is 6.89. The molecular weight excluding hydrogens is 550 g/mol. The normalized spacial score (nSPS) is 20.2. The molecule has 0 spiro atoms. The van der Waals surface area contributed by atoms with Gasteiger partial charge >= 0.3 is 0 Å². The summed E-state index contributed by atoms with van der Waals surface area (Å²) in [5.41, 5.74) is 8.18. The maximum absolute atomic E-state index is 5.04. The lowest BCUT2D eigenvalue weighted by Crippen LogP contribution is -2.44. The molecule has 6 aromatic carbocycles. The molecule has 3 heterocycles. The standard InChI is InChI=1S/C40H31N5/c1-3-11-27(12-4-1)38-42-39(28-13-5-2-6-14-28)44-40(43-38)29-21-19-26(20-22-29)30-23-24-35-41-36-33-17-9-7-15-31(33)32-16-8-10-18-34(32)37(36)45(35)25-30/h1-25,35,38,40-41,43H,(H,42,44). The highest BCUT2D eigenvalue weighted by atomic mass is 15.3. The zero-order valence-corrected chi connectivity index (χ0v) is 24.6. The van der Waals surface area contributed by atoms with Gasteiger partial charge in [0.1, 0.15) is 24.3 Å². The zero-order chi connectivity index (χ0) is 29.7. The average Bonchev–Trinajstić information content (AvgIpc) is 3.52. The molecule has 0 amide bonds. The number of hydrogen-bond donors (Lipinski definition) is 3. The van der Waals surface area contributed by atoms with Crippen molar-refractivity contribution in [1.29, 1.82) is 0 Å². The van der Waals surface area contributed by atoms with Crippen LogP contribution in [0.2, 0.25) is 0 Å². The van der Waals surface area contributed by atoms with Gasteiger partial charge in [0.05, 0.1) is 11.4 Å². The number of hydrogen-bond acceptors (Lipinski definition) is 5. The predicted octanol–water partition coefficient (Wildman–Crippen LogP) is 8.50. The number of amidine groups is 1. The van der Waals surface area contributed by atoms with E-state index < -0.39 is 0 Å². The highest BCUT2D eigenvalue weighted by molar-refractivity contribution is 6.22. The molecule has 5 heteroatoms. The van der Waals surface area contributed by atoms with E-state index in [9.17, 15) is 0 Å². The average molecular weight is 582 g/mol.